The van der Waals surface area contributed by atoms with Gasteiger partial charge in [0.1, 0.15) is 16.5 Å². The molecule has 3 aromatic heterocycles. The second kappa shape index (κ2) is 8.41. The number of hydrogen-bond acceptors (Lipinski definition) is 6. The zero-order valence-electron chi connectivity index (χ0n) is 16.9. The van der Waals surface area contributed by atoms with Crippen molar-refractivity contribution in [1.82, 2.24) is 19.3 Å². The Hall–Kier alpha value is -3.15. The predicted octanol–water partition coefficient (Wildman–Crippen LogP) is 2.26. The van der Waals surface area contributed by atoms with E-state index in [-0.39, 0.29) is 23.1 Å². The molecule has 32 heavy (non-hydrogen) atoms. The van der Waals surface area contributed by atoms with Crippen LogP contribution >= 0.6 is 0 Å². The molecule has 8 nitrogen and oxygen atoms in total. The Morgan fingerprint density at radius 2 is 1.78 bits per heavy atom. The number of aromatic nitrogens is 3. The molecule has 170 valence electrons. The number of nitrogens with zero attached hydrogens (tertiary/aromatic N) is 5. The molecule has 1 aliphatic rings. The van der Waals surface area contributed by atoms with Crippen LogP contribution in [-0.2, 0) is 20.8 Å². The summed E-state index contributed by atoms with van der Waals surface area (Å²) in [6.45, 7) is 1.45. The molecule has 1 fully saturated rings. The largest absolute Gasteiger partial charge is 0.417 e. The van der Waals surface area contributed by atoms with Crippen molar-refractivity contribution in [2.45, 2.75) is 17.6 Å². The molecule has 1 saturated heterocycles. The van der Waals surface area contributed by atoms with E-state index in [1.165, 1.54) is 22.7 Å². The van der Waals surface area contributed by atoms with Crippen LogP contribution in [0.5, 0.6) is 0 Å². The van der Waals surface area contributed by atoms with Crippen LogP contribution in [0.4, 0.5) is 19.0 Å². The maximum Gasteiger partial charge on any atom is 0.417 e. The first-order valence-electron chi connectivity index (χ1n) is 9.86. The summed E-state index contributed by atoms with van der Waals surface area (Å²) < 4.78 is 65.0. The third-order valence-electron chi connectivity index (χ3n) is 5.33. The number of fused-ring (bicyclic) bond motifs is 1. The Bertz CT molecular complexity index is 1220. The Kier molecular flexibility index (Phi) is 5.80. The van der Waals surface area contributed by atoms with Gasteiger partial charge in [0.05, 0.1) is 11.3 Å². The lowest BCUT2D eigenvalue weighted by atomic mass is 10.2. The smallest absolute Gasteiger partial charge is 0.353 e. The summed E-state index contributed by atoms with van der Waals surface area (Å²) in [7, 11) is -3.70. The average Bonchev–Trinajstić information content (AvgIpc) is 3.26. The lowest BCUT2D eigenvalue weighted by Crippen LogP contribution is -2.49. The molecule has 4 rings (SSSR count). The molecule has 0 N–H and O–H groups in total. The number of halogens is 3. The van der Waals surface area contributed by atoms with E-state index >= 15 is 0 Å². The Morgan fingerprint density at radius 3 is 2.44 bits per heavy atom. The van der Waals surface area contributed by atoms with E-state index in [4.69, 9.17) is 0 Å². The molecule has 0 bridgehead atoms. The number of amides is 1. The Morgan fingerprint density at radius 1 is 1.03 bits per heavy atom. The van der Waals surface area contributed by atoms with Crippen LogP contribution < -0.4 is 4.90 Å². The maximum atomic E-state index is 12.8. The van der Waals surface area contributed by atoms with Crippen LogP contribution in [0.3, 0.4) is 0 Å². The molecule has 1 aliphatic heterocycles. The molecular formula is C20H20F3N5O3S. The quantitative estimate of drug-likeness (QED) is 0.572. The summed E-state index contributed by atoms with van der Waals surface area (Å²) in [5, 5.41) is 0.0819. The molecule has 0 spiro atoms. The van der Waals surface area contributed by atoms with Crippen molar-refractivity contribution in [2.24, 2.45) is 0 Å². The normalized spacial score (nSPS) is 15.3. The van der Waals surface area contributed by atoms with Gasteiger partial charge in [-0.05, 0) is 24.3 Å². The van der Waals surface area contributed by atoms with Gasteiger partial charge in [-0.25, -0.2) is 18.4 Å². The van der Waals surface area contributed by atoms with Crippen molar-refractivity contribution in [3.05, 3.63) is 54.5 Å². The van der Waals surface area contributed by atoms with Gasteiger partial charge in [-0.3, -0.25) is 9.20 Å². The number of carbonyl (C=O) groups excluding carboxylic acids is 1. The van der Waals surface area contributed by atoms with Crippen LogP contribution in [-0.4, -0.2) is 65.5 Å². The van der Waals surface area contributed by atoms with Gasteiger partial charge in [0.2, 0.25) is 5.91 Å². The molecule has 0 saturated carbocycles. The molecule has 0 aliphatic carbocycles. The van der Waals surface area contributed by atoms with Crippen molar-refractivity contribution < 1.29 is 26.4 Å². The van der Waals surface area contributed by atoms with E-state index in [9.17, 15) is 26.4 Å². The number of piperazine rings is 1. The standard InChI is InChI=1S/C20H20F3N5O3S/c21-20(22,23)15-4-5-16(25-14-15)26-9-11-27(12-10-26)18(29)6-13-32(30,31)19-3-1-2-17-24-7-8-28(17)19/h1-5,7-8,14H,6,9-13H2. The zero-order valence-corrected chi connectivity index (χ0v) is 17.7. The fraction of sp³-hybridized carbons (Fsp3) is 0.350. The number of hydrogen-bond donors (Lipinski definition) is 0. The molecule has 3 aromatic rings. The molecular weight excluding hydrogens is 447 g/mol. The number of sulfone groups is 1. The Labute approximate surface area is 182 Å². The summed E-state index contributed by atoms with van der Waals surface area (Å²) >= 11 is 0. The van der Waals surface area contributed by atoms with E-state index in [0.29, 0.717) is 37.6 Å². The highest BCUT2D eigenvalue weighted by Crippen LogP contribution is 2.29. The second-order valence-electron chi connectivity index (χ2n) is 7.36. The van der Waals surface area contributed by atoms with E-state index in [1.54, 1.807) is 28.1 Å². The summed E-state index contributed by atoms with van der Waals surface area (Å²) in [4.78, 5) is 23.9. The minimum atomic E-state index is -4.44. The monoisotopic (exact) mass is 467 g/mol. The molecule has 1 amide bonds. The van der Waals surface area contributed by atoms with E-state index in [0.717, 1.165) is 12.3 Å². The van der Waals surface area contributed by atoms with Gasteiger partial charge in [0.15, 0.2) is 9.84 Å². The van der Waals surface area contributed by atoms with Gasteiger partial charge in [-0.1, -0.05) is 6.07 Å². The number of pyridine rings is 2. The lowest BCUT2D eigenvalue weighted by molar-refractivity contribution is -0.137. The molecule has 12 heteroatoms. The number of imidazole rings is 1. The van der Waals surface area contributed by atoms with Crippen molar-refractivity contribution in [3.63, 3.8) is 0 Å². The molecule has 0 radical (unpaired) electrons. The van der Waals surface area contributed by atoms with Gasteiger partial charge in [0, 0.05) is 51.2 Å². The van der Waals surface area contributed by atoms with Gasteiger partial charge in [-0.15, -0.1) is 0 Å². The van der Waals surface area contributed by atoms with Crippen molar-refractivity contribution in [3.8, 4) is 0 Å². The Balaban J connectivity index is 1.33. The first kappa shape index (κ1) is 22.1. The molecule has 0 aromatic carbocycles. The summed E-state index contributed by atoms with van der Waals surface area (Å²) in [6.07, 6.45) is -0.756. The molecule has 0 atom stereocenters. The first-order valence-corrected chi connectivity index (χ1v) is 11.5. The zero-order chi connectivity index (χ0) is 22.9. The number of rotatable bonds is 5. The van der Waals surface area contributed by atoms with Crippen molar-refractivity contribution >= 4 is 27.2 Å². The fourth-order valence-electron chi connectivity index (χ4n) is 3.59. The van der Waals surface area contributed by atoms with Crippen LogP contribution in [0.1, 0.15) is 12.0 Å². The minimum Gasteiger partial charge on any atom is -0.353 e. The third kappa shape index (κ3) is 4.54. The summed E-state index contributed by atoms with van der Waals surface area (Å²) in [5.74, 6) is -0.211. The SMILES string of the molecule is O=C(CCS(=O)(=O)c1cccc2nccn12)N1CCN(c2ccc(C(F)(F)F)cn2)CC1. The van der Waals surface area contributed by atoms with Crippen LogP contribution in [0, 0.1) is 0 Å². The molecule has 0 unspecified atom stereocenters. The van der Waals surface area contributed by atoms with Gasteiger partial charge < -0.3 is 9.80 Å². The highest BCUT2D eigenvalue weighted by molar-refractivity contribution is 7.91. The van der Waals surface area contributed by atoms with Crippen LogP contribution in [0.15, 0.2) is 53.9 Å². The fourth-order valence-corrected chi connectivity index (χ4v) is 4.98. The lowest BCUT2D eigenvalue weighted by Gasteiger charge is -2.35. The van der Waals surface area contributed by atoms with E-state index < -0.39 is 21.6 Å². The van der Waals surface area contributed by atoms with Gasteiger partial charge in [0.25, 0.3) is 0 Å². The average molecular weight is 467 g/mol. The highest BCUT2D eigenvalue weighted by Gasteiger charge is 2.31. The summed E-state index contributed by atoms with van der Waals surface area (Å²) in [5.41, 5.74) is -0.312. The minimum absolute atomic E-state index is 0.0819. The second-order valence-corrected chi connectivity index (χ2v) is 9.42. The summed E-state index contributed by atoms with van der Waals surface area (Å²) in [6, 6.07) is 7.06. The third-order valence-corrected chi connectivity index (χ3v) is 7.04. The first-order chi connectivity index (χ1) is 15.1. The van der Waals surface area contributed by atoms with Crippen LogP contribution in [0.2, 0.25) is 0 Å². The van der Waals surface area contributed by atoms with Crippen molar-refractivity contribution in [1.29, 1.82) is 0 Å². The predicted molar refractivity (Wildman–Crippen MR) is 110 cm³/mol. The van der Waals surface area contributed by atoms with E-state index in [2.05, 4.69) is 9.97 Å². The van der Waals surface area contributed by atoms with Crippen LogP contribution in [0.25, 0.3) is 5.65 Å². The number of alkyl halides is 3. The highest BCUT2D eigenvalue weighted by atomic mass is 32.2. The van der Waals surface area contributed by atoms with Gasteiger partial charge >= 0.3 is 6.18 Å². The number of carbonyl (C=O) groups is 1. The number of anilines is 1. The van der Waals surface area contributed by atoms with E-state index in [1.807, 2.05) is 0 Å². The van der Waals surface area contributed by atoms with Crippen molar-refractivity contribution in [2.75, 3.05) is 36.8 Å². The molecule has 4 heterocycles. The van der Waals surface area contributed by atoms with Gasteiger partial charge in [-0.2, -0.15) is 13.2 Å². The topological polar surface area (TPSA) is 87.9 Å². The maximum absolute atomic E-state index is 12.8.